The molecular weight excluding hydrogens is 304 g/mol. The Morgan fingerprint density at radius 1 is 1.27 bits per heavy atom. The molecule has 0 aliphatic carbocycles. The minimum absolute atomic E-state index is 0.242. The molecule has 0 atom stereocenters. The molecule has 1 aliphatic rings. The molecule has 0 radical (unpaired) electrons. The van der Waals surface area contributed by atoms with Crippen LogP contribution in [0.25, 0.3) is 0 Å². The number of nitrogens with zero attached hydrogens (tertiary/aromatic N) is 1. The first-order valence-corrected chi connectivity index (χ1v) is 8.99. The number of para-hydroxylation sites is 1. The first-order chi connectivity index (χ1) is 10.5. The molecule has 1 saturated heterocycles. The van der Waals surface area contributed by atoms with Crippen molar-refractivity contribution < 1.29 is 17.9 Å². The molecule has 7 heteroatoms. The van der Waals surface area contributed by atoms with E-state index >= 15 is 0 Å². The van der Waals surface area contributed by atoms with Crippen LogP contribution in [-0.2, 0) is 14.9 Å². The maximum atomic E-state index is 12.1. The Kier molecular flexibility index (Phi) is 6.19. The van der Waals surface area contributed by atoms with Crippen LogP contribution < -0.4 is 9.46 Å². The summed E-state index contributed by atoms with van der Waals surface area (Å²) in [6, 6.07) is 7.83. The lowest BCUT2D eigenvalue weighted by molar-refractivity contribution is 0.0724. The lowest BCUT2D eigenvalue weighted by atomic mass is 10.0. The van der Waals surface area contributed by atoms with Crippen molar-refractivity contribution in [1.82, 2.24) is 9.03 Å². The Bertz CT molecular complexity index is 569. The summed E-state index contributed by atoms with van der Waals surface area (Å²) >= 11 is 0. The molecule has 0 unspecified atom stereocenters. The molecule has 0 bridgehead atoms. The van der Waals surface area contributed by atoms with Crippen LogP contribution in [0.3, 0.4) is 0 Å². The number of ether oxygens (including phenoxy) is 2. The van der Waals surface area contributed by atoms with Crippen LogP contribution in [0, 0.1) is 0 Å². The van der Waals surface area contributed by atoms with Crippen LogP contribution in [-0.4, -0.2) is 52.2 Å². The first kappa shape index (κ1) is 17.2. The van der Waals surface area contributed by atoms with E-state index < -0.39 is 10.2 Å². The fraction of sp³-hybridized carbons (Fsp3) is 0.600. The third kappa shape index (κ3) is 4.67. The SMILES string of the molecule is CC(C)c1ccccc1OCCNS(=O)(=O)N1CCOCC1. The van der Waals surface area contributed by atoms with E-state index in [-0.39, 0.29) is 6.54 Å². The summed E-state index contributed by atoms with van der Waals surface area (Å²) in [4.78, 5) is 0. The molecule has 1 heterocycles. The third-order valence-electron chi connectivity index (χ3n) is 3.50. The van der Waals surface area contributed by atoms with Gasteiger partial charge in [-0.1, -0.05) is 32.0 Å². The highest BCUT2D eigenvalue weighted by Crippen LogP contribution is 2.25. The summed E-state index contributed by atoms with van der Waals surface area (Å²) in [7, 11) is -3.44. The van der Waals surface area contributed by atoms with Gasteiger partial charge in [0.05, 0.1) is 13.2 Å². The lowest BCUT2D eigenvalue weighted by Crippen LogP contribution is -2.47. The van der Waals surface area contributed by atoms with Crippen molar-refractivity contribution >= 4 is 10.2 Å². The van der Waals surface area contributed by atoms with E-state index in [1.807, 2.05) is 24.3 Å². The van der Waals surface area contributed by atoms with E-state index in [9.17, 15) is 8.42 Å². The highest BCUT2D eigenvalue weighted by Gasteiger charge is 2.23. The number of hydrogen-bond acceptors (Lipinski definition) is 4. The highest BCUT2D eigenvalue weighted by molar-refractivity contribution is 7.87. The van der Waals surface area contributed by atoms with Crippen LogP contribution in [0.5, 0.6) is 5.75 Å². The third-order valence-corrected chi connectivity index (χ3v) is 5.11. The monoisotopic (exact) mass is 328 g/mol. The predicted molar refractivity (Wildman–Crippen MR) is 85.3 cm³/mol. The van der Waals surface area contributed by atoms with Gasteiger partial charge >= 0.3 is 0 Å². The number of benzene rings is 1. The van der Waals surface area contributed by atoms with Crippen molar-refractivity contribution in [1.29, 1.82) is 0 Å². The van der Waals surface area contributed by atoms with Gasteiger partial charge < -0.3 is 9.47 Å². The normalized spacial score (nSPS) is 16.9. The molecule has 1 aliphatic heterocycles. The summed E-state index contributed by atoms with van der Waals surface area (Å²) in [5.41, 5.74) is 1.12. The van der Waals surface area contributed by atoms with Crippen LogP contribution in [0.1, 0.15) is 25.3 Å². The molecule has 1 aromatic carbocycles. The number of nitrogens with one attached hydrogen (secondary N) is 1. The summed E-state index contributed by atoms with van der Waals surface area (Å²) in [5, 5.41) is 0. The molecule has 0 amide bonds. The zero-order valence-corrected chi connectivity index (χ0v) is 13.9. The maximum Gasteiger partial charge on any atom is 0.279 e. The van der Waals surface area contributed by atoms with Gasteiger partial charge in [0, 0.05) is 19.6 Å². The zero-order chi connectivity index (χ0) is 16.0. The van der Waals surface area contributed by atoms with E-state index in [1.54, 1.807) is 0 Å². The van der Waals surface area contributed by atoms with E-state index in [0.29, 0.717) is 38.8 Å². The van der Waals surface area contributed by atoms with Gasteiger partial charge in [0.25, 0.3) is 10.2 Å². The minimum atomic E-state index is -3.44. The minimum Gasteiger partial charge on any atom is -0.492 e. The predicted octanol–water partition coefficient (Wildman–Crippen LogP) is 1.36. The molecule has 6 nitrogen and oxygen atoms in total. The highest BCUT2D eigenvalue weighted by atomic mass is 32.2. The number of hydrogen-bond donors (Lipinski definition) is 1. The fourth-order valence-electron chi connectivity index (χ4n) is 2.30. The molecule has 1 fully saturated rings. The Morgan fingerprint density at radius 3 is 2.64 bits per heavy atom. The molecule has 1 N–H and O–H groups in total. The first-order valence-electron chi connectivity index (χ1n) is 7.55. The van der Waals surface area contributed by atoms with Gasteiger partial charge in [-0.25, -0.2) is 0 Å². The maximum absolute atomic E-state index is 12.1. The van der Waals surface area contributed by atoms with E-state index in [0.717, 1.165) is 11.3 Å². The fourth-order valence-corrected chi connectivity index (χ4v) is 3.45. The molecule has 0 spiro atoms. The van der Waals surface area contributed by atoms with Crippen LogP contribution >= 0.6 is 0 Å². The van der Waals surface area contributed by atoms with Crippen molar-refractivity contribution in [2.75, 3.05) is 39.5 Å². The van der Waals surface area contributed by atoms with Crippen molar-refractivity contribution in [2.45, 2.75) is 19.8 Å². The van der Waals surface area contributed by atoms with Crippen LogP contribution in [0.15, 0.2) is 24.3 Å². The van der Waals surface area contributed by atoms with Gasteiger partial charge in [0.1, 0.15) is 12.4 Å². The second-order valence-corrected chi connectivity index (χ2v) is 7.21. The lowest BCUT2D eigenvalue weighted by Gasteiger charge is -2.26. The quantitative estimate of drug-likeness (QED) is 0.767. The molecular formula is C15H24N2O4S. The standard InChI is InChI=1S/C15H24N2O4S/c1-13(2)14-5-3-4-6-15(14)21-10-7-16-22(18,19)17-8-11-20-12-9-17/h3-6,13,16H,7-12H2,1-2H3. The zero-order valence-electron chi connectivity index (χ0n) is 13.1. The van der Waals surface area contributed by atoms with Crippen molar-refractivity contribution in [3.05, 3.63) is 29.8 Å². The average Bonchev–Trinajstić information content (AvgIpc) is 2.53. The number of morpholine rings is 1. The summed E-state index contributed by atoms with van der Waals surface area (Å²) in [6.45, 7) is 6.42. The smallest absolute Gasteiger partial charge is 0.279 e. The molecule has 2 rings (SSSR count). The second kappa shape index (κ2) is 7.92. The average molecular weight is 328 g/mol. The van der Waals surface area contributed by atoms with Gasteiger partial charge in [-0.05, 0) is 17.5 Å². The Labute approximate surface area is 132 Å². The molecule has 124 valence electrons. The topological polar surface area (TPSA) is 67.9 Å². The molecule has 1 aromatic rings. The van der Waals surface area contributed by atoms with E-state index in [4.69, 9.17) is 9.47 Å². The van der Waals surface area contributed by atoms with E-state index in [1.165, 1.54) is 4.31 Å². The summed E-state index contributed by atoms with van der Waals surface area (Å²) in [6.07, 6.45) is 0. The van der Waals surface area contributed by atoms with Crippen LogP contribution in [0.4, 0.5) is 0 Å². The second-order valence-electron chi connectivity index (χ2n) is 5.45. The van der Waals surface area contributed by atoms with Crippen molar-refractivity contribution in [3.63, 3.8) is 0 Å². The van der Waals surface area contributed by atoms with E-state index in [2.05, 4.69) is 18.6 Å². The Balaban J connectivity index is 1.82. The van der Waals surface area contributed by atoms with Gasteiger partial charge in [-0.2, -0.15) is 17.4 Å². The van der Waals surface area contributed by atoms with Crippen molar-refractivity contribution in [2.24, 2.45) is 0 Å². The molecule has 22 heavy (non-hydrogen) atoms. The summed E-state index contributed by atoms with van der Waals surface area (Å²) in [5.74, 6) is 1.17. The summed E-state index contributed by atoms with van der Waals surface area (Å²) < 4.78 is 39.0. The van der Waals surface area contributed by atoms with Gasteiger partial charge in [-0.15, -0.1) is 0 Å². The number of rotatable bonds is 7. The molecule has 0 aromatic heterocycles. The molecule has 0 saturated carbocycles. The van der Waals surface area contributed by atoms with Gasteiger partial charge in [0.15, 0.2) is 0 Å². The van der Waals surface area contributed by atoms with Crippen molar-refractivity contribution in [3.8, 4) is 5.75 Å². The van der Waals surface area contributed by atoms with Gasteiger partial charge in [-0.3, -0.25) is 0 Å². The van der Waals surface area contributed by atoms with Crippen LogP contribution in [0.2, 0.25) is 0 Å². The largest absolute Gasteiger partial charge is 0.492 e. The Morgan fingerprint density at radius 2 is 1.95 bits per heavy atom. The van der Waals surface area contributed by atoms with Gasteiger partial charge in [0.2, 0.25) is 0 Å². The Hall–Kier alpha value is -1.15.